The molecule has 0 aliphatic rings. The Morgan fingerprint density at radius 3 is 2.19 bits per heavy atom. The summed E-state index contributed by atoms with van der Waals surface area (Å²) in [5, 5.41) is 2.60. The summed E-state index contributed by atoms with van der Waals surface area (Å²) in [5.74, 6) is 0. The molecule has 6 aromatic rings. The Hall–Kier alpha value is -3.75. The zero-order chi connectivity index (χ0) is 21.5. The Morgan fingerprint density at radius 2 is 1.34 bits per heavy atom. The maximum absolute atomic E-state index is 4.74. The summed E-state index contributed by atoms with van der Waals surface area (Å²) in [6, 6.07) is 36.9. The van der Waals surface area contributed by atoms with Crippen molar-refractivity contribution >= 4 is 31.5 Å². The maximum atomic E-state index is 4.74. The molecule has 4 aromatic carbocycles. The molecule has 0 fully saturated rings. The van der Waals surface area contributed by atoms with Gasteiger partial charge in [0.25, 0.3) is 0 Å². The molecule has 0 spiro atoms. The quantitative estimate of drug-likeness (QED) is 0.275. The third kappa shape index (κ3) is 3.30. The molecule has 152 valence electrons. The van der Waals surface area contributed by atoms with Gasteiger partial charge in [0.2, 0.25) is 0 Å². The van der Waals surface area contributed by atoms with Crippen molar-refractivity contribution in [3.63, 3.8) is 0 Å². The van der Waals surface area contributed by atoms with Crippen LogP contribution in [0.3, 0.4) is 0 Å². The second kappa shape index (κ2) is 7.74. The van der Waals surface area contributed by atoms with E-state index < -0.39 is 0 Å². The molecule has 2 heterocycles. The van der Waals surface area contributed by atoms with Gasteiger partial charge in [-0.3, -0.25) is 4.98 Å². The van der Waals surface area contributed by atoms with Crippen LogP contribution >= 0.6 is 11.3 Å². The van der Waals surface area contributed by atoms with Gasteiger partial charge in [0.15, 0.2) is 0 Å². The molecular weight excluding hydrogens is 406 g/mol. The Bertz CT molecular complexity index is 1560. The second-order valence-electron chi connectivity index (χ2n) is 8.16. The third-order valence-corrected chi connectivity index (χ3v) is 7.23. The molecule has 0 aliphatic carbocycles. The SMILES string of the molecule is Cc1ccc(-c2ccc3c(c2)sc2c(-c4cc(-c5ccccc5)ccn4)cccc23)cc1. The first-order valence-electron chi connectivity index (χ1n) is 10.8. The summed E-state index contributed by atoms with van der Waals surface area (Å²) in [5.41, 5.74) is 8.41. The fourth-order valence-corrected chi connectivity index (χ4v) is 5.58. The van der Waals surface area contributed by atoms with Gasteiger partial charge < -0.3 is 0 Å². The molecule has 2 heteroatoms. The first kappa shape index (κ1) is 19.0. The van der Waals surface area contributed by atoms with E-state index in [9.17, 15) is 0 Å². The molecule has 0 aliphatic heterocycles. The molecule has 0 atom stereocenters. The smallest absolute Gasteiger partial charge is 0.0722 e. The van der Waals surface area contributed by atoms with Crippen LogP contribution in [0, 0.1) is 6.92 Å². The molecule has 0 saturated carbocycles. The van der Waals surface area contributed by atoms with Crippen molar-refractivity contribution in [2.75, 3.05) is 0 Å². The number of aryl methyl sites for hydroxylation is 1. The van der Waals surface area contributed by atoms with Gasteiger partial charge in [0.05, 0.1) is 5.69 Å². The van der Waals surface area contributed by atoms with E-state index in [2.05, 4.69) is 110 Å². The van der Waals surface area contributed by atoms with E-state index in [0.29, 0.717) is 0 Å². The van der Waals surface area contributed by atoms with E-state index in [1.807, 2.05) is 17.5 Å². The second-order valence-corrected chi connectivity index (χ2v) is 9.21. The molecule has 0 N–H and O–H groups in total. The summed E-state index contributed by atoms with van der Waals surface area (Å²) >= 11 is 1.86. The minimum absolute atomic E-state index is 1.02. The Morgan fingerprint density at radius 1 is 0.594 bits per heavy atom. The average molecular weight is 428 g/mol. The number of pyridine rings is 1. The number of benzene rings is 4. The fourth-order valence-electron chi connectivity index (χ4n) is 4.31. The lowest BCUT2D eigenvalue weighted by atomic mass is 10.0. The van der Waals surface area contributed by atoms with Gasteiger partial charge in [-0.2, -0.15) is 0 Å². The van der Waals surface area contributed by atoms with Crippen LogP contribution in [-0.2, 0) is 0 Å². The Kier molecular flexibility index (Phi) is 4.59. The van der Waals surface area contributed by atoms with Gasteiger partial charge in [0, 0.05) is 31.9 Å². The number of aromatic nitrogens is 1. The van der Waals surface area contributed by atoms with E-state index in [1.165, 1.54) is 53.6 Å². The summed E-state index contributed by atoms with van der Waals surface area (Å²) in [6.07, 6.45) is 1.92. The van der Waals surface area contributed by atoms with Crippen LogP contribution in [0.5, 0.6) is 0 Å². The first-order chi connectivity index (χ1) is 15.8. The summed E-state index contributed by atoms with van der Waals surface area (Å²) < 4.78 is 2.60. The van der Waals surface area contributed by atoms with E-state index in [0.717, 1.165) is 5.69 Å². The molecule has 0 amide bonds. The standard InChI is InChI=1S/C30H21NS/c1-20-10-12-22(13-11-20)23-14-15-25-26-8-5-9-27(30(26)32-29(25)19-23)28-18-24(16-17-31-28)21-6-3-2-4-7-21/h2-19H,1H3. The molecule has 0 bridgehead atoms. The number of nitrogens with zero attached hydrogens (tertiary/aromatic N) is 1. The lowest BCUT2D eigenvalue weighted by molar-refractivity contribution is 1.33. The predicted molar refractivity (Wildman–Crippen MR) is 138 cm³/mol. The zero-order valence-corrected chi connectivity index (χ0v) is 18.6. The van der Waals surface area contributed by atoms with Gasteiger partial charge in [-0.05, 0) is 47.4 Å². The maximum Gasteiger partial charge on any atom is 0.0722 e. The van der Waals surface area contributed by atoms with Crippen molar-refractivity contribution in [3.8, 4) is 33.5 Å². The Balaban J connectivity index is 1.50. The van der Waals surface area contributed by atoms with Gasteiger partial charge in [-0.1, -0.05) is 90.5 Å². The predicted octanol–water partition coefficient (Wildman–Crippen LogP) is 8.76. The molecule has 6 rings (SSSR count). The van der Waals surface area contributed by atoms with Gasteiger partial charge in [0.1, 0.15) is 0 Å². The molecule has 1 nitrogen and oxygen atoms in total. The first-order valence-corrected chi connectivity index (χ1v) is 11.6. The van der Waals surface area contributed by atoms with Crippen molar-refractivity contribution < 1.29 is 0 Å². The number of hydrogen-bond donors (Lipinski definition) is 0. The number of fused-ring (bicyclic) bond motifs is 3. The third-order valence-electron chi connectivity index (χ3n) is 6.03. The van der Waals surface area contributed by atoms with Crippen LogP contribution in [0.4, 0.5) is 0 Å². The van der Waals surface area contributed by atoms with Gasteiger partial charge in [-0.15, -0.1) is 11.3 Å². The van der Waals surface area contributed by atoms with Crippen molar-refractivity contribution in [2.45, 2.75) is 6.92 Å². The highest BCUT2D eigenvalue weighted by atomic mass is 32.1. The van der Waals surface area contributed by atoms with Crippen LogP contribution in [0.25, 0.3) is 53.7 Å². The van der Waals surface area contributed by atoms with E-state index >= 15 is 0 Å². The minimum atomic E-state index is 1.02. The van der Waals surface area contributed by atoms with E-state index in [-0.39, 0.29) is 0 Å². The van der Waals surface area contributed by atoms with Crippen LogP contribution in [0.2, 0.25) is 0 Å². The topological polar surface area (TPSA) is 12.9 Å². The van der Waals surface area contributed by atoms with Crippen LogP contribution in [0.1, 0.15) is 5.56 Å². The molecule has 2 aromatic heterocycles. The summed E-state index contributed by atoms with van der Waals surface area (Å²) in [7, 11) is 0. The highest BCUT2D eigenvalue weighted by molar-refractivity contribution is 7.26. The van der Waals surface area contributed by atoms with Gasteiger partial charge in [-0.25, -0.2) is 0 Å². The highest BCUT2D eigenvalue weighted by Crippen LogP contribution is 2.41. The molecule has 0 unspecified atom stereocenters. The van der Waals surface area contributed by atoms with Crippen LogP contribution < -0.4 is 0 Å². The van der Waals surface area contributed by atoms with Crippen LogP contribution in [-0.4, -0.2) is 4.98 Å². The monoisotopic (exact) mass is 427 g/mol. The number of thiophene rings is 1. The summed E-state index contributed by atoms with van der Waals surface area (Å²) in [6.45, 7) is 2.13. The Labute approximate surface area is 191 Å². The lowest BCUT2D eigenvalue weighted by Crippen LogP contribution is -1.85. The normalized spacial score (nSPS) is 11.3. The average Bonchev–Trinajstić information content (AvgIpc) is 3.23. The van der Waals surface area contributed by atoms with Gasteiger partial charge >= 0.3 is 0 Å². The number of rotatable bonds is 3. The largest absolute Gasteiger partial charge is 0.256 e. The molecule has 32 heavy (non-hydrogen) atoms. The fraction of sp³-hybridized carbons (Fsp3) is 0.0333. The van der Waals surface area contributed by atoms with E-state index in [4.69, 9.17) is 4.98 Å². The van der Waals surface area contributed by atoms with E-state index in [1.54, 1.807) is 0 Å². The zero-order valence-electron chi connectivity index (χ0n) is 17.7. The number of hydrogen-bond acceptors (Lipinski definition) is 2. The molecular formula is C30H21NS. The summed E-state index contributed by atoms with van der Waals surface area (Å²) in [4.78, 5) is 4.74. The van der Waals surface area contributed by atoms with Crippen molar-refractivity contribution in [3.05, 3.63) is 115 Å². The van der Waals surface area contributed by atoms with Crippen LogP contribution in [0.15, 0.2) is 109 Å². The van der Waals surface area contributed by atoms with Crippen molar-refractivity contribution in [1.82, 2.24) is 4.98 Å². The molecule has 0 saturated heterocycles. The highest BCUT2D eigenvalue weighted by Gasteiger charge is 2.12. The molecule has 0 radical (unpaired) electrons. The minimum Gasteiger partial charge on any atom is -0.256 e. The van der Waals surface area contributed by atoms with Crippen molar-refractivity contribution in [1.29, 1.82) is 0 Å². The van der Waals surface area contributed by atoms with Crippen molar-refractivity contribution in [2.24, 2.45) is 0 Å². The lowest BCUT2D eigenvalue weighted by Gasteiger charge is -2.06.